The smallest absolute Gasteiger partial charge is 0.331 e. The van der Waals surface area contributed by atoms with Gasteiger partial charge in [0.15, 0.2) is 11.7 Å². The number of urea groups is 1. The number of rotatable bonds is 5. The molecule has 1 aliphatic carbocycles. The van der Waals surface area contributed by atoms with E-state index in [-0.39, 0.29) is 36.9 Å². The number of likely N-dealkylation sites (tertiary alicyclic amines) is 1. The molecule has 1 N–H and O–H groups in total. The largest absolute Gasteiger partial charge is 0.337 e. The number of halogens is 2. The molecule has 2 fully saturated rings. The Morgan fingerprint density at radius 1 is 1.10 bits per heavy atom. The van der Waals surface area contributed by atoms with E-state index in [4.69, 9.17) is 9.98 Å². The molecule has 5 rings (SSSR count). The maximum absolute atomic E-state index is 13.2. The van der Waals surface area contributed by atoms with E-state index >= 15 is 0 Å². The van der Waals surface area contributed by atoms with Crippen molar-refractivity contribution in [2.75, 3.05) is 37.6 Å². The topological polar surface area (TPSA) is 67.8 Å². The van der Waals surface area contributed by atoms with Crippen LogP contribution >= 0.6 is 24.8 Å². The number of H-pyrrole nitrogens is 1. The Morgan fingerprint density at radius 2 is 1.83 bits per heavy atom. The summed E-state index contributed by atoms with van der Waals surface area (Å²) in [5.74, 6) is 3.19. The predicted molar refractivity (Wildman–Crippen MR) is 120 cm³/mol. The summed E-state index contributed by atoms with van der Waals surface area (Å²) >= 11 is 0. The van der Waals surface area contributed by atoms with Crippen LogP contribution in [-0.4, -0.2) is 70.4 Å². The third kappa shape index (κ3) is 4.01. The highest BCUT2D eigenvalue weighted by Gasteiger charge is 2.43. The lowest BCUT2D eigenvalue weighted by molar-refractivity contribution is 0.224. The standard InChI is InChI=1S/C20H30N6O.2ClH/c1-2-9-25-19-16(22-17(23-19)14-7-3-4-8-14)18-21-15(13-26(18)20(25)27)12-24-10-5-6-11-24;;/h14-15H,2-13H2,1H3,(H,22,23);2*1H. The summed E-state index contributed by atoms with van der Waals surface area (Å²) < 4.78 is 0. The fourth-order valence-corrected chi connectivity index (χ4v) is 5.10. The Kier molecular flexibility index (Phi) is 7.12. The van der Waals surface area contributed by atoms with E-state index in [1.165, 1.54) is 51.6 Å². The van der Waals surface area contributed by atoms with Gasteiger partial charge in [-0.1, -0.05) is 19.8 Å². The minimum atomic E-state index is 0. The van der Waals surface area contributed by atoms with Gasteiger partial charge in [-0.2, -0.15) is 0 Å². The quantitative estimate of drug-likeness (QED) is 0.753. The second-order valence-electron chi connectivity index (χ2n) is 8.46. The lowest BCUT2D eigenvalue weighted by Crippen LogP contribution is -2.51. The van der Waals surface area contributed by atoms with Crippen LogP contribution in [0.25, 0.3) is 0 Å². The summed E-state index contributed by atoms with van der Waals surface area (Å²) in [7, 11) is 0. The molecule has 4 aliphatic rings. The first-order chi connectivity index (χ1) is 13.2. The van der Waals surface area contributed by atoms with Crippen molar-refractivity contribution < 1.29 is 4.79 Å². The number of carbonyl (C=O) groups excluding carboxylic acids is 1. The van der Waals surface area contributed by atoms with Crippen LogP contribution in [0.3, 0.4) is 0 Å². The maximum atomic E-state index is 13.2. The second-order valence-corrected chi connectivity index (χ2v) is 8.46. The van der Waals surface area contributed by atoms with Gasteiger partial charge in [-0.05, 0) is 45.2 Å². The number of hydrogen-bond acceptors (Lipinski definition) is 4. The molecule has 29 heavy (non-hydrogen) atoms. The summed E-state index contributed by atoms with van der Waals surface area (Å²) in [5, 5.41) is 0. The number of imidazole rings is 1. The summed E-state index contributed by atoms with van der Waals surface area (Å²) in [6.07, 6.45) is 8.44. The Balaban J connectivity index is 0.00000120. The SMILES string of the molecule is CCCN1C(=O)N2CC(CN3CCCC3)N=C2c2[nH]c(C3CCCC3)nc21.Cl.Cl. The first kappa shape index (κ1) is 22.4. The number of aliphatic imine (C=N–C) groups is 1. The Hall–Kier alpha value is -1.31. The summed E-state index contributed by atoms with van der Waals surface area (Å²) in [6.45, 7) is 6.81. The molecule has 1 unspecified atom stereocenters. The first-order valence-electron chi connectivity index (χ1n) is 10.7. The summed E-state index contributed by atoms with van der Waals surface area (Å²) in [5.41, 5.74) is 0.967. The van der Waals surface area contributed by atoms with E-state index in [0.717, 1.165) is 36.1 Å². The zero-order chi connectivity index (χ0) is 18.4. The van der Waals surface area contributed by atoms with Gasteiger partial charge in [0.05, 0.1) is 12.6 Å². The molecule has 1 aromatic heterocycles. The van der Waals surface area contributed by atoms with E-state index in [9.17, 15) is 4.79 Å². The van der Waals surface area contributed by atoms with Crippen LogP contribution in [0.2, 0.25) is 0 Å². The molecule has 1 atom stereocenters. The molecule has 3 aliphatic heterocycles. The van der Waals surface area contributed by atoms with E-state index in [0.29, 0.717) is 19.0 Å². The van der Waals surface area contributed by atoms with Crippen LogP contribution in [0, 0.1) is 0 Å². The Labute approximate surface area is 185 Å². The monoisotopic (exact) mass is 442 g/mol. The molecule has 9 heteroatoms. The summed E-state index contributed by atoms with van der Waals surface area (Å²) in [6, 6.07) is 0.228. The molecule has 1 saturated carbocycles. The van der Waals surface area contributed by atoms with Crippen molar-refractivity contribution in [2.45, 2.75) is 63.8 Å². The third-order valence-corrected chi connectivity index (χ3v) is 6.45. The first-order valence-corrected chi connectivity index (χ1v) is 10.7. The second kappa shape index (κ2) is 9.23. The normalized spacial score (nSPS) is 24.2. The maximum Gasteiger partial charge on any atom is 0.331 e. The van der Waals surface area contributed by atoms with Crippen LogP contribution in [0.15, 0.2) is 4.99 Å². The van der Waals surface area contributed by atoms with Crippen molar-refractivity contribution in [3.05, 3.63) is 11.5 Å². The van der Waals surface area contributed by atoms with Crippen molar-refractivity contribution in [3.8, 4) is 0 Å². The average Bonchev–Trinajstić information content (AvgIpc) is 3.44. The lowest BCUT2D eigenvalue weighted by atomic mass is 10.1. The Bertz CT molecular complexity index is 754. The molecular formula is C20H32Cl2N6O. The number of carbonyl (C=O) groups is 1. The number of hydrogen-bond donors (Lipinski definition) is 1. The third-order valence-electron chi connectivity index (χ3n) is 6.45. The molecule has 0 aromatic carbocycles. The molecule has 0 spiro atoms. The number of aromatic nitrogens is 2. The van der Waals surface area contributed by atoms with Crippen LogP contribution < -0.4 is 4.90 Å². The van der Waals surface area contributed by atoms with E-state index < -0.39 is 0 Å². The molecule has 162 valence electrons. The zero-order valence-electron chi connectivity index (χ0n) is 17.1. The lowest BCUT2D eigenvalue weighted by Gasteiger charge is -2.32. The van der Waals surface area contributed by atoms with Gasteiger partial charge in [0.25, 0.3) is 0 Å². The van der Waals surface area contributed by atoms with Crippen LogP contribution in [0.1, 0.15) is 69.3 Å². The number of fused-ring (bicyclic) bond motifs is 3. The number of aromatic amines is 1. The molecule has 2 amide bonds. The predicted octanol–water partition coefficient (Wildman–Crippen LogP) is 3.79. The van der Waals surface area contributed by atoms with Crippen LogP contribution in [0.4, 0.5) is 10.6 Å². The number of nitrogens with zero attached hydrogens (tertiary/aromatic N) is 5. The van der Waals surface area contributed by atoms with E-state index in [1.54, 1.807) is 0 Å². The van der Waals surface area contributed by atoms with Crippen molar-refractivity contribution in [3.63, 3.8) is 0 Å². The average molecular weight is 443 g/mol. The number of nitrogens with one attached hydrogen (secondary N) is 1. The van der Waals surface area contributed by atoms with Crippen LogP contribution in [-0.2, 0) is 0 Å². The van der Waals surface area contributed by atoms with Gasteiger partial charge in [0, 0.05) is 19.0 Å². The van der Waals surface area contributed by atoms with Crippen molar-refractivity contribution in [1.29, 1.82) is 0 Å². The highest BCUT2D eigenvalue weighted by Crippen LogP contribution is 2.37. The molecule has 1 saturated heterocycles. The minimum absolute atomic E-state index is 0. The van der Waals surface area contributed by atoms with Gasteiger partial charge in [0.1, 0.15) is 11.5 Å². The van der Waals surface area contributed by atoms with Crippen molar-refractivity contribution in [1.82, 2.24) is 19.8 Å². The number of amidine groups is 1. The van der Waals surface area contributed by atoms with Gasteiger partial charge in [-0.15, -0.1) is 24.8 Å². The molecular weight excluding hydrogens is 411 g/mol. The van der Waals surface area contributed by atoms with E-state index in [2.05, 4.69) is 16.8 Å². The number of anilines is 1. The highest BCUT2D eigenvalue weighted by atomic mass is 35.5. The van der Waals surface area contributed by atoms with Gasteiger partial charge < -0.3 is 9.88 Å². The fraction of sp³-hybridized carbons (Fsp3) is 0.750. The molecule has 4 heterocycles. The molecule has 1 aromatic rings. The number of amides is 2. The fourth-order valence-electron chi connectivity index (χ4n) is 5.10. The highest BCUT2D eigenvalue weighted by molar-refractivity contribution is 6.18. The van der Waals surface area contributed by atoms with Gasteiger partial charge >= 0.3 is 6.03 Å². The van der Waals surface area contributed by atoms with Gasteiger partial charge in [-0.3, -0.25) is 14.8 Å². The van der Waals surface area contributed by atoms with Crippen LogP contribution in [0.5, 0.6) is 0 Å². The van der Waals surface area contributed by atoms with Crippen molar-refractivity contribution in [2.24, 2.45) is 4.99 Å². The Morgan fingerprint density at radius 3 is 2.52 bits per heavy atom. The zero-order valence-corrected chi connectivity index (χ0v) is 18.7. The van der Waals surface area contributed by atoms with Crippen molar-refractivity contribution >= 4 is 42.5 Å². The van der Waals surface area contributed by atoms with Gasteiger partial charge in [-0.25, -0.2) is 9.78 Å². The minimum Gasteiger partial charge on any atom is -0.337 e. The molecule has 0 radical (unpaired) electrons. The molecule has 0 bridgehead atoms. The summed E-state index contributed by atoms with van der Waals surface area (Å²) in [4.78, 5) is 32.9. The van der Waals surface area contributed by atoms with Gasteiger partial charge in [0.2, 0.25) is 0 Å². The van der Waals surface area contributed by atoms with E-state index in [1.807, 2.05) is 9.80 Å². The molecule has 7 nitrogen and oxygen atoms in total.